The summed E-state index contributed by atoms with van der Waals surface area (Å²) in [6, 6.07) is 11.0. The predicted octanol–water partition coefficient (Wildman–Crippen LogP) is 3.14. The number of esters is 1. The average Bonchev–Trinajstić information content (AvgIpc) is 2.65. The fourth-order valence-corrected chi connectivity index (χ4v) is 2.89. The van der Waals surface area contributed by atoms with Gasteiger partial charge in [-0.3, -0.25) is 0 Å². The van der Waals surface area contributed by atoms with E-state index in [-0.39, 0.29) is 12.8 Å². The van der Waals surface area contributed by atoms with E-state index >= 15 is 0 Å². The van der Waals surface area contributed by atoms with Gasteiger partial charge in [-0.15, -0.1) is 0 Å². The fourth-order valence-electron chi connectivity index (χ4n) is 2.89. The number of hydrogen-bond acceptors (Lipinski definition) is 6. The van der Waals surface area contributed by atoms with Crippen molar-refractivity contribution in [2.24, 2.45) is 0 Å². The van der Waals surface area contributed by atoms with E-state index in [4.69, 9.17) is 23.7 Å². The summed E-state index contributed by atoms with van der Waals surface area (Å²) in [4.78, 5) is 12.5. The lowest BCUT2D eigenvalue weighted by Gasteiger charge is -2.26. The maximum atomic E-state index is 12.5. The Kier molecular flexibility index (Phi) is 5.09. The summed E-state index contributed by atoms with van der Waals surface area (Å²) in [5, 5.41) is 0. The Morgan fingerprint density at radius 1 is 1.04 bits per heavy atom. The van der Waals surface area contributed by atoms with Gasteiger partial charge >= 0.3 is 5.97 Å². The van der Waals surface area contributed by atoms with Crippen LogP contribution >= 0.6 is 0 Å². The lowest BCUT2D eigenvalue weighted by atomic mass is 9.94. The van der Waals surface area contributed by atoms with Gasteiger partial charge < -0.3 is 23.7 Å². The van der Waals surface area contributed by atoms with E-state index in [9.17, 15) is 4.79 Å². The SMILES string of the molecule is COCOc1cc([C@@H]2Cc3cccc(OC)c3C(=O)O2)ccc1OC. The van der Waals surface area contributed by atoms with E-state index in [0.717, 1.165) is 11.1 Å². The molecule has 25 heavy (non-hydrogen) atoms. The van der Waals surface area contributed by atoms with E-state index < -0.39 is 6.10 Å². The zero-order chi connectivity index (χ0) is 17.8. The Labute approximate surface area is 146 Å². The van der Waals surface area contributed by atoms with Crippen molar-refractivity contribution in [3.05, 3.63) is 53.1 Å². The minimum absolute atomic E-state index is 0.101. The van der Waals surface area contributed by atoms with Crippen LogP contribution in [0.15, 0.2) is 36.4 Å². The summed E-state index contributed by atoms with van der Waals surface area (Å²) in [6.45, 7) is 0.101. The molecule has 2 aromatic carbocycles. The van der Waals surface area contributed by atoms with Crippen molar-refractivity contribution in [1.29, 1.82) is 0 Å². The molecule has 0 saturated heterocycles. The highest BCUT2D eigenvalue weighted by Gasteiger charge is 2.30. The Hall–Kier alpha value is -2.73. The summed E-state index contributed by atoms with van der Waals surface area (Å²) >= 11 is 0. The van der Waals surface area contributed by atoms with E-state index in [1.165, 1.54) is 7.11 Å². The molecule has 2 aromatic rings. The van der Waals surface area contributed by atoms with Crippen LogP contribution in [0.4, 0.5) is 0 Å². The molecule has 6 heteroatoms. The van der Waals surface area contributed by atoms with Crippen LogP contribution in [0.5, 0.6) is 17.2 Å². The summed E-state index contributed by atoms with van der Waals surface area (Å²) in [7, 11) is 4.65. The highest BCUT2D eigenvalue weighted by molar-refractivity contribution is 5.95. The number of methoxy groups -OCH3 is 3. The van der Waals surface area contributed by atoms with E-state index in [2.05, 4.69) is 0 Å². The Morgan fingerprint density at radius 3 is 2.56 bits per heavy atom. The Morgan fingerprint density at radius 2 is 1.84 bits per heavy atom. The molecule has 1 aliphatic heterocycles. The van der Waals surface area contributed by atoms with Crippen molar-refractivity contribution in [3.8, 4) is 17.2 Å². The number of benzene rings is 2. The third kappa shape index (κ3) is 3.39. The van der Waals surface area contributed by atoms with Gasteiger partial charge in [0.2, 0.25) is 0 Å². The topological polar surface area (TPSA) is 63.2 Å². The number of cyclic esters (lactones) is 1. The number of ether oxygens (including phenoxy) is 5. The molecule has 0 N–H and O–H groups in total. The number of hydrogen-bond donors (Lipinski definition) is 0. The number of rotatable bonds is 6. The summed E-state index contributed by atoms with van der Waals surface area (Å²) in [5.41, 5.74) is 2.22. The molecular formula is C19H20O6. The lowest BCUT2D eigenvalue weighted by molar-refractivity contribution is 0.0243. The zero-order valence-electron chi connectivity index (χ0n) is 14.4. The van der Waals surface area contributed by atoms with Crippen LogP contribution in [-0.2, 0) is 15.9 Å². The van der Waals surface area contributed by atoms with Gasteiger partial charge in [0.15, 0.2) is 18.3 Å². The first-order valence-corrected chi connectivity index (χ1v) is 7.84. The number of carbonyl (C=O) groups excluding carboxylic acids is 1. The molecule has 0 bridgehead atoms. The normalized spacial score (nSPS) is 16.0. The van der Waals surface area contributed by atoms with Crippen LogP contribution in [0.3, 0.4) is 0 Å². The Balaban J connectivity index is 1.91. The molecule has 3 rings (SSSR count). The first-order chi connectivity index (χ1) is 12.2. The third-order valence-electron chi connectivity index (χ3n) is 4.08. The van der Waals surface area contributed by atoms with Crippen LogP contribution in [0.2, 0.25) is 0 Å². The molecule has 0 saturated carbocycles. The quantitative estimate of drug-likeness (QED) is 0.593. The van der Waals surface area contributed by atoms with Crippen LogP contribution in [0.25, 0.3) is 0 Å². The van der Waals surface area contributed by atoms with Gasteiger partial charge in [0.25, 0.3) is 0 Å². The van der Waals surface area contributed by atoms with Gasteiger partial charge in [0.05, 0.1) is 14.2 Å². The first-order valence-electron chi connectivity index (χ1n) is 7.84. The second-order valence-electron chi connectivity index (χ2n) is 5.55. The predicted molar refractivity (Wildman–Crippen MR) is 90.4 cm³/mol. The van der Waals surface area contributed by atoms with Crippen LogP contribution in [0, 0.1) is 0 Å². The van der Waals surface area contributed by atoms with Crippen molar-refractivity contribution in [3.63, 3.8) is 0 Å². The standard InChI is InChI=1S/C19H20O6/c1-21-11-24-17-9-12(7-8-14(17)22-2)16-10-13-5-4-6-15(23-3)18(13)19(20)25-16/h4-9,16H,10-11H2,1-3H3/t16-/m0/s1. The maximum Gasteiger partial charge on any atom is 0.342 e. The highest BCUT2D eigenvalue weighted by Crippen LogP contribution is 2.37. The molecule has 0 radical (unpaired) electrons. The zero-order valence-corrected chi connectivity index (χ0v) is 14.4. The molecule has 0 aliphatic carbocycles. The minimum atomic E-state index is -0.400. The molecule has 0 spiro atoms. The van der Waals surface area contributed by atoms with Gasteiger partial charge in [0.1, 0.15) is 17.4 Å². The second-order valence-corrected chi connectivity index (χ2v) is 5.55. The third-order valence-corrected chi connectivity index (χ3v) is 4.08. The molecular weight excluding hydrogens is 324 g/mol. The van der Waals surface area contributed by atoms with E-state index in [1.54, 1.807) is 32.4 Å². The largest absolute Gasteiger partial charge is 0.496 e. The molecule has 132 valence electrons. The summed E-state index contributed by atoms with van der Waals surface area (Å²) in [6.07, 6.45) is 0.164. The molecule has 1 atom stereocenters. The lowest BCUT2D eigenvalue weighted by Crippen LogP contribution is -2.22. The Bertz CT molecular complexity index is 771. The summed E-state index contributed by atoms with van der Waals surface area (Å²) in [5.74, 6) is 1.26. The van der Waals surface area contributed by atoms with E-state index in [0.29, 0.717) is 29.2 Å². The molecule has 0 fully saturated rings. The molecule has 0 amide bonds. The monoisotopic (exact) mass is 344 g/mol. The maximum absolute atomic E-state index is 12.5. The summed E-state index contributed by atoms with van der Waals surface area (Å²) < 4.78 is 26.7. The van der Waals surface area contributed by atoms with Gasteiger partial charge in [-0.25, -0.2) is 4.79 Å². The smallest absolute Gasteiger partial charge is 0.342 e. The molecule has 0 unspecified atom stereocenters. The van der Waals surface area contributed by atoms with Crippen LogP contribution < -0.4 is 14.2 Å². The second kappa shape index (κ2) is 7.44. The van der Waals surface area contributed by atoms with Crippen molar-refractivity contribution < 1.29 is 28.5 Å². The van der Waals surface area contributed by atoms with Crippen molar-refractivity contribution in [1.82, 2.24) is 0 Å². The van der Waals surface area contributed by atoms with Gasteiger partial charge in [-0.05, 0) is 29.3 Å². The fraction of sp³-hybridized carbons (Fsp3) is 0.316. The van der Waals surface area contributed by atoms with Gasteiger partial charge in [-0.2, -0.15) is 0 Å². The highest BCUT2D eigenvalue weighted by atomic mass is 16.7. The first kappa shape index (κ1) is 17.1. The van der Waals surface area contributed by atoms with Gasteiger partial charge in [-0.1, -0.05) is 18.2 Å². The van der Waals surface area contributed by atoms with Crippen molar-refractivity contribution in [2.75, 3.05) is 28.1 Å². The molecule has 6 nitrogen and oxygen atoms in total. The van der Waals surface area contributed by atoms with Crippen molar-refractivity contribution in [2.45, 2.75) is 12.5 Å². The van der Waals surface area contributed by atoms with Crippen molar-refractivity contribution >= 4 is 5.97 Å². The number of carbonyl (C=O) groups is 1. The average molecular weight is 344 g/mol. The van der Waals surface area contributed by atoms with Gasteiger partial charge in [0, 0.05) is 13.5 Å². The molecule has 1 heterocycles. The molecule has 1 aliphatic rings. The van der Waals surface area contributed by atoms with E-state index in [1.807, 2.05) is 18.2 Å². The number of fused-ring (bicyclic) bond motifs is 1. The molecule has 0 aromatic heterocycles. The van der Waals surface area contributed by atoms with Crippen LogP contribution in [0.1, 0.15) is 27.6 Å². The van der Waals surface area contributed by atoms with Crippen LogP contribution in [-0.4, -0.2) is 34.1 Å². The minimum Gasteiger partial charge on any atom is -0.496 e.